The minimum absolute atomic E-state index is 0.309. The molecule has 2 rings (SSSR count). The third-order valence-electron chi connectivity index (χ3n) is 4.38. The maximum atomic E-state index is 12.4. The second-order valence-electron chi connectivity index (χ2n) is 6.41. The van der Waals surface area contributed by atoms with Gasteiger partial charge in [-0.3, -0.25) is 14.6 Å². The van der Waals surface area contributed by atoms with Crippen molar-refractivity contribution in [2.75, 3.05) is 86.1 Å². The average molecular weight is 297 g/mol. The lowest BCUT2D eigenvalue weighted by Gasteiger charge is -2.36. The number of carbonyl (C=O) groups is 1. The first-order valence-corrected chi connectivity index (χ1v) is 8.23. The fraction of sp³-hybridized carbons (Fsp3) is 0.933. The van der Waals surface area contributed by atoms with Crippen molar-refractivity contribution in [3.63, 3.8) is 0 Å². The first-order chi connectivity index (χ1) is 10.1. The number of rotatable bonds is 5. The molecule has 122 valence electrons. The van der Waals surface area contributed by atoms with Gasteiger partial charge in [-0.05, 0) is 33.6 Å². The van der Waals surface area contributed by atoms with E-state index in [0.29, 0.717) is 12.5 Å². The minimum atomic E-state index is 0.309. The summed E-state index contributed by atoms with van der Waals surface area (Å²) in [7, 11) is 4.21. The summed E-state index contributed by atoms with van der Waals surface area (Å²) in [6.07, 6.45) is 1.14. The summed E-state index contributed by atoms with van der Waals surface area (Å²) in [4.78, 5) is 21.4. The highest BCUT2D eigenvalue weighted by Gasteiger charge is 2.22. The van der Waals surface area contributed by atoms with E-state index in [2.05, 4.69) is 34.1 Å². The molecule has 6 nitrogen and oxygen atoms in total. The molecule has 2 saturated heterocycles. The van der Waals surface area contributed by atoms with E-state index in [1.54, 1.807) is 0 Å². The molecule has 2 fully saturated rings. The molecule has 0 aliphatic carbocycles. The second kappa shape index (κ2) is 8.68. The van der Waals surface area contributed by atoms with E-state index in [9.17, 15) is 4.79 Å². The Bertz CT molecular complexity index is 307. The van der Waals surface area contributed by atoms with Crippen LogP contribution in [0.15, 0.2) is 0 Å². The lowest BCUT2D eigenvalue weighted by Crippen LogP contribution is -2.52. The Morgan fingerprint density at radius 2 is 1.76 bits per heavy atom. The molecule has 21 heavy (non-hydrogen) atoms. The predicted molar refractivity (Wildman–Crippen MR) is 85.5 cm³/mol. The molecule has 0 bridgehead atoms. The van der Waals surface area contributed by atoms with Crippen LogP contribution in [-0.2, 0) is 4.79 Å². The summed E-state index contributed by atoms with van der Waals surface area (Å²) in [6.45, 7) is 10.7. The molecule has 0 spiro atoms. The number of hydrogen-bond donors (Lipinski definition) is 1. The highest BCUT2D eigenvalue weighted by molar-refractivity contribution is 5.78. The molecule has 0 saturated carbocycles. The lowest BCUT2D eigenvalue weighted by atomic mass is 10.3. The van der Waals surface area contributed by atoms with Gasteiger partial charge >= 0.3 is 0 Å². The van der Waals surface area contributed by atoms with Crippen LogP contribution in [0.5, 0.6) is 0 Å². The average Bonchev–Trinajstić information content (AvgIpc) is 2.74. The fourth-order valence-electron chi connectivity index (χ4n) is 2.91. The van der Waals surface area contributed by atoms with E-state index < -0.39 is 0 Å². The van der Waals surface area contributed by atoms with Gasteiger partial charge in [0.05, 0.1) is 6.54 Å². The maximum Gasteiger partial charge on any atom is 0.236 e. The normalized spacial score (nSPS) is 22.5. The van der Waals surface area contributed by atoms with Crippen LogP contribution in [0.3, 0.4) is 0 Å². The van der Waals surface area contributed by atoms with Crippen molar-refractivity contribution >= 4 is 5.91 Å². The zero-order chi connectivity index (χ0) is 15.1. The molecule has 1 N–H and O–H groups in total. The van der Waals surface area contributed by atoms with Gasteiger partial charge in [0, 0.05) is 52.4 Å². The first kappa shape index (κ1) is 16.7. The molecule has 2 heterocycles. The van der Waals surface area contributed by atoms with Gasteiger partial charge in [-0.15, -0.1) is 0 Å². The van der Waals surface area contributed by atoms with Crippen molar-refractivity contribution in [2.45, 2.75) is 6.42 Å². The number of amides is 1. The van der Waals surface area contributed by atoms with Crippen LogP contribution in [0.4, 0.5) is 0 Å². The molecule has 2 aliphatic heterocycles. The number of nitrogens with zero attached hydrogens (tertiary/aromatic N) is 4. The summed E-state index contributed by atoms with van der Waals surface area (Å²) < 4.78 is 0. The third-order valence-corrected chi connectivity index (χ3v) is 4.38. The van der Waals surface area contributed by atoms with Gasteiger partial charge in [0.15, 0.2) is 0 Å². The van der Waals surface area contributed by atoms with Crippen molar-refractivity contribution in [3.05, 3.63) is 0 Å². The van der Waals surface area contributed by atoms with Gasteiger partial charge in [-0.25, -0.2) is 0 Å². The molecule has 0 aromatic heterocycles. The molecule has 2 aliphatic rings. The first-order valence-electron chi connectivity index (χ1n) is 8.23. The Morgan fingerprint density at radius 1 is 1.00 bits per heavy atom. The van der Waals surface area contributed by atoms with E-state index in [1.165, 1.54) is 0 Å². The van der Waals surface area contributed by atoms with Crippen LogP contribution in [0, 0.1) is 0 Å². The summed E-state index contributed by atoms with van der Waals surface area (Å²) >= 11 is 0. The van der Waals surface area contributed by atoms with E-state index in [0.717, 1.165) is 71.9 Å². The number of nitrogens with one attached hydrogen (secondary N) is 1. The van der Waals surface area contributed by atoms with Crippen LogP contribution in [-0.4, -0.2) is 112 Å². The Kier molecular flexibility index (Phi) is 6.89. The predicted octanol–water partition coefficient (Wildman–Crippen LogP) is -1.01. The van der Waals surface area contributed by atoms with Gasteiger partial charge in [0.1, 0.15) is 0 Å². The Labute approximate surface area is 129 Å². The molecular weight excluding hydrogens is 266 g/mol. The summed E-state index contributed by atoms with van der Waals surface area (Å²) in [5.41, 5.74) is 0. The number of carbonyl (C=O) groups excluding carboxylic acids is 1. The topological polar surface area (TPSA) is 42.1 Å². The Morgan fingerprint density at radius 3 is 2.48 bits per heavy atom. The third kappa shape index (κ3) is 5.90. The van der Waals surface area contributed by atoms with Crippen LogP contribution in [0.2, 0.25) is 0 Å². The van der Waals surface area contributed by atoms with Crippen molar-refractivity contribution in [2.24, 2.45) is 0 Å². The van der Waals surface area contributed by atoms with Crippen molar-refractivity contribution in [1.29, 1.82) is 0 Å². The molecule has 6 heteroatoms. The number of hydrogen-bond acceptors (Lipinski definition) is 5. The van der Waals surface area contributed by atoms with Gasteiger partial charge < -0.3 is 15.1 Å². The van der Waals surface area contributed by atoms with E-state index >= 15 is 0 Å². The highest BCUT2D eigenvalue weighted by atomic mass is 16.2. The van der Waals surface area contributed by atoms with Gasteiger partial charge in [0.25, 0.3) is 0 Å². The summed E-state index contributed by atoms with van der Waals surface area (Å²) in [5, 5.41) is 3.38. The van der Waals surface area contributed by atoms with Crippen LogP contribution in [0.25, 0.3) is 0 Å². The highest BCUT2D eigenvalue weighted by Crippen LogP contribution is 2.04. The number of likely N-dealkylation sites (N-methyl/N-ethyl adjacent to an activating group) is 1. The monoisotopic (exact) mass is 297 g/mol. The Balaban J connectivity index is 1.67. The zero-order valence-electron chi connectivity index (χ0n) is 13.7. The van der Waals surface area contributed by atoms with Crippen molar-refractivity contribution in [3.8, 4) is 0 Å². The quantitative estimate of drug-likeness (QED) is 0.704. The van der Waals surface area contributed by atoms with Gasteiger partial charge in [-0.1, -0.05) is 0 Å². The number of piperazine rings is 1. The largest absolute Gasteiger partial charge is 0.339 e. The SMILES string of the molecule is CN(C)CCN1CCN(C(=O)CN2CCCNCC2)CC1. The van der Waals surface area contributed by atoms with Crippen LogP contribution >= 0.6 is 0 Å². The maximum absolute atomic E-state index is 12.4. The van der Waals surface area contributed by atoms with Gasteiger partial charge in [0.2, 0.25) is 5.91 Å². The van der Waals surface area contributed by atoms with Crippen LogP contribution < -0.4 is 5.32 Å². The zero-order valence-corrected chi connectivity index (χ0v) is 13.7. The minimum Gasteiger partial charge on any atom is -0.339 e. The summed E-state index contributed by atoms with van der Waals surface area (Å²) in [5.74, 6) is 0.309. The summed E-state index contributed by atoms with van der Waals surface area (Å²) in [6, 6.07) is 0. The Hall–Kier alpha value is -0.690. The van der Waals surface area contributed by atoms with E-state index in [4.69, 9.17) is 0 Å². The molecule has 0 unspecified atom stereocenters. The standard InChI is InChI=1S/C15H31N5O/c1-17(2)8-9-18-10-12-20(13-11-18)15(21)14-19-6-3-4-16-5-7-19/h16H,3-14H2,1-2H3. The molecular formula is C15H31N5O. The fourth-order valence-corrected chi connectivity index (χ4v) is 2.91. The molecule has 1 amide bonds. The molecule has 0 aromatic carbocycles. The van der Waals surface area contributed by atoms with Crippen LogP contribution in [0.1, 0.15) is 6.42 Å². The van der Waals surface area contributed by atoms with E-state index in [-0.39, 0.29) is 0 Å². The molecule has 0 radical (unpaired) electrons. The molecule has 0 atom stereocenters. The smallest absolute Gasteiger partial charge is 0.236 e. The lowest BCUT2D eigenvalue weighted by molar-refractivity contribution is -0.134. The molecule has 0 aromatic rings. The van der Waals surface area contributed by atoms with Gasteiger partial charge in [-0.2, -0.15) is 0 Å². The van der Waals surface area contributed by atoms with Crippen molar-refractivity contribution in [1.82, 2.24) is 24.9 Å². The second-order valence-corrected chi connectivity index (χ2v) is 6.41. The van der Waals surface area contributed by atoms with Crippen molar-refractivity contribution < 1.29 is 4.79 Å². The van der Waals surface area contributed by atoms with E-state index in [1.807, 2.05) is 4.90 Å².